The van der Waals surface area contributed by atoms with E-state index >= 15 is 0 Å². The minimum atomic E-state index is -0.477. The monoisotopic (exact) mass is 407 g/mol. The lowest BCUT2D eigenvalue weighted by Crippen LogP contribution is -2.26. The maximum atomic E-state index is 12.2. The zero-order chi connectivity index (χ0) is 21.9. The van der Waals surface area contributed by atoms with Crippen molar-refractivity contribution in [2.75, 3.05) is 0 Å². The third-order valence-corrected chi connectivity index (χ3v) is 5.99. The molecule has 2 atom stereocenters. The third-order valence-electron chi connectivity index (χ3n) is 5.99. The molecule has 0 radical (unpaired) electrons. The topological polar surface area (TPSA) is 38.7 Å². The zero-order valence-electron chi connectivity index (χ0n) is 19.3. The van der Waals surface area contributed by atoms with E-state index < -0.39 is 6.09 Å². The second-order valence-electron chi connectivity index (χ2n) is 8.46. The molecule has 1 aromatic rings. The lowest BCUT2D eigenvalue weighted by molar-refractivity contribution is 0.150. The van der Waals surface area contributed by atoms with Crippen LogP contribution in [0.3, 0.4) is 0 Å². The van der Waals surface area contributed by atoms with Crippen molar-refractivity contribution < 1.29 is 9.53 Å². The van der Waals surface area contributed by atoms with Crippen LogP contribution in [0.5, 0.6) is 0 Å². The summed E-state index contributed by atoms with van der Waals surface area (Å²) in [5, 5.41) is 0. The zero-order valence-corrected chi connectivity index (χ0v) is 19.3. The largest absolute Gasteiger partial charge is 0.443 e. The van der Waals surface area contributed by atoms with Gasteiger partial charge in [0.05, 0.1) is 0 Å². The van der Waals surface area contributed by atoms with Crippen molar-refractivity contribution in [3.8, 4) is 0 Å². The van der Waals surface area contributed by atoms with Crippen LogP contribution in [0.25, 0.3) is 0 Å². The van der Waals surface area contributed by atoms with Crippen molar-refractivity contribution in [3.05, 3.63) is 70.8 Å². The van der Waals surface area contributed by atoms with Gasteiger partial charge in [0.2, 0.25) is 0 Å². The molecular formula is C27H37NO2. The first-order valence-electron chi connectivity index (χ1n) is 11.2. The number of benzene rings is 1. The van der Waals surface area contributed by atoms with Crippen LogP contribution in [0.1, 0.15) is 72.3 Å². The number of carbonyl (C=O) groups is 1. The number of rotatable bonds is 7. The van der Waals surface area contributed by atoms with Crippen LogP contribution in [0, 0.1) is 11.8 Å². The minimum absolute atomic E-state index is 0.260. The summed E-state index contributed by atoms with van der Waals surface area (Å²) in [6.07, 6.45) is 11.6. The Balaban J connectivity index is 1.94. The third kappa shape index (κ3) is 7.78. The van der Waals surface area contributed by atoms with Gasteiger partial charge in [0.1, 0.15) is 6.61 Å². The van der Waals surface area contributed by atoms with Gasteiger partial charge in [0.15, 0.2) is 0 Å². The Morgan fingerprint density at radius 2 is 1.93 bits per heavy atom. The van der Waals surface area contributed by atoms with Gasteiger partial charge in [-0.2, -0.15) is 4.99 Å². The van der Waals surface area contributed by atoms with Crippen LogP contribution in [0.4, 0.5) is 4.79 Å². The van der Waals surface area contributed by atoms with E-state index in [1.807, 2.05) is 30.3 Å². The Hall–Kier alpha value is -2.42. The smallest absolute Gasteiger partial charge is 0.433 e. The molecular weight excluding hydrogens is 370 g/mol. The van der Waals surface area contributed by atoms with Crippen LogP contribution in [0.15, 0.2) is 70.3 Å². The molecule has 1 fully saturated rings. The highest BCUT2D eigenvalue weighted by Crippen LogP contribution is 2.29. The predicted molar refractivity (Wildman–Crippen MR) is 127 cm³/mol. The van der Waals surface area contributed by atoms with E-state index in [2.05, 4.69) is 57.8 Å². The van der Waals surface area contributed by atoms with Gasteiger partial charge < -0.3 is 4.74 Å². The maximum Gasteiger partial charge on any atom is 0.433 e. The Labute approximate surface area is 182 Å². The predicted octanol–water partition coefficient (Wildman–Crippen LogP) is 7.84. The van der Waals surface area contributed by atoms with Crippen LogP contribution in [-0.4, -0.2) is 11.8 Å². The van der Waals surface area contributed by atoms with Crippen molar-refractivity contribution in [2.24, 2.45) is 16.8 Å². The molecule has 0 saturated heterocycles. The van der Waals surface area contributed by atoms with E-state index in [-0.39, 0.29) is 12.5 Å². The molecule has 2 rings (SSSR count). The molecule has 1 amide bonds. The number of nitrogens with zero attached hydrogens (tertiary/aromatic N) is 1. The fourth-order valence-electron chi connectivity index (χ4n) is 3.86. The molecule has 1 unspecified atom stereocenters. The Kier molecular flexibility index (Phi) is 9.79. The molecule has 162 valence electrons. The van der Waals surface area contributed by atoms with E-state index in [1.54, 1.807) is 0 Å². The number of amides is 1. The van der Waals surface area contributed by atoms with Crippen molar-refractivity contribution in [3.63, 3.8) is 0 Å². The number of allylic oxidation sites excluding steroid dienone is 6. The first-order chi connectivity index (χ1) is 14.4. The molecule has 3 heteroatoms. The van der Waals surface area contributed by atoms with Gasteiger partial charge in [0, 0.05) is 11.6 Å². The first kappa shape index (κ1) is 23.9. The molecule has 1 saturated carbocycles. The SMILES string of the molecule is CCC(C/C=C(C)/C=C/C1CCCC(=NC(=O)OCc2ccccc2)[C@@H]1C)=C(C)C. The maximum absolute atomic E-state index is 12.2. The van der Waals surface area contributed by atoms with Crippen LogP contribution < -0.4 is 0 Å². The van der Waals surface area contributed by atoms with E-state index in [4.69, 9.17) is 4.74 Å². The second kappa shape index (κ2) is 12.3. The summed E-state index contributed by atoms with van der Waals surface area (Å²) in [6, 6.07) is 9.72. The number of hydrogen-bond acceptors (Lipinski definition) is 2. The molecule has 1 aromatic carbocycles. The fraction of sp³-hybridized carbons (Fsp3) is 0.481. The number of hydrogen-bond donors (Lipinski definition) is 0. The summed E-state index contributed by atoms with van der Waals surface area (Å²) in [5.74, 6) is 0.674. The van der Waals surface area contributed by atoms with Crippen molar-refractivity contribution in [1.82, 2.24) is 0 Å². The van der Waals surface area contributed by atoms with Gasteiger partial charge >= 0.3 is 6.09 Å². The number of ether oxygens (including phenoxy) is 1. The molecule has 0 N–H and O–H groups in total. The molecule has 3 nitrogen and oxygen atoms in total. The standard InChI is InChI=1S/C27H37NO2/c1-6-24(20(2)3)17-15-21(4)16-18-25-13-10-14-26(22(25)5)28-27(29)30-19-23-11-8-7-9-12-23/h7-9,11-12,15-16,18,22,25H,6,10,13-14,17,19H2,1-5H3/b18-16+,21-15+,28-26?/t22-,25?/m1/s1. The van der Waals surface area contributed by atoms with Gasteiger partial charge in [-0.15, -0.1) is 0 Å². The summed E-state index contributed by atoms with van der Waals surface area (Å²) >= 11 is 0. The fourth-order valence-corrected chi connectivity index (χ4v) is 3.86. The molecule has 0 bridgehead atoms. The van der Waals surface area contributed by atoms with Crippen molar-refractivity contribution >= 4 is 11.8 Å². The van der Waals surface area contributed by atoms with E-state index in [0.29, 0.717) is 5.92 Å². The molecule has 30 heavy (non-hydrogen) atoms. The Morgan fingerprint density at radius 3 is 2.60 bits per heavy atom. The van der Waals surface area contributed by atoms with Gasteiger partial charge in [-0.3, -0.25) is 0 Å². The Morgan fingerprint density at radius 1 is 1.20 bits per heavy atom. The molecule has 0 aliphatic heterocycles. The quantitative estimate of drug-likeness (QED) is 0.341. The lowest BCUT2D eigenvalue weighted by Gasteiger charge is -2.27. The molecule has 1 aliphatic rings. The van der Waals surface area contributed by atoms with Crippen LogP contribution in [-0.2, 0) is 11.3 Å². The minimum Gasteiger partial charge on any atom is -0.443 e. The second-order valence-corrected chi connectivity index (χ2v) is 8.46. The van der Waals surface area contributed by atoms with Gasteiger partial charge in [-0.1, -0.05) is 79.1 Å². The van der Waals surface area contributed by atoms with Gasteiger partial charge in [-0.05, 0) is 64.4 Å². The number of carbonyl (C=O) groups excluding carboxylic acids is 1. The summed E-state index contributed by atoms with van der Waals surface area (Å²) in [4.78, 5) is 16.5. The van der Waals surface area contributed by atoms with Crippen LogP contribution in [0.2, 0.25) is 0 Å². The average molecular weight is 408 g/mol. The average Bonchev–Trinajstić information content (AvgIpc) is 2.74. The highest BCUT2D eigenvalue weighted by atomic mass is 16.5. The Bertz CT molecular complexity index is 811. The molecule has 0 aromatic heterocycles. The summed E-state index contributed by atoms with van der Waals surface area (Å²) < 4.78 is 5.34. The summed E-state index contributed by atoms with van der Waals surface area (Å²) in [6.45, 7) is 11.2. The van der Waals surface area contributed by atoms with E-state index in [9.17, 15) is 4.79 Å². The van der Waals surface area contributed by atoms with Crippen LogP contribution >= 0.6 is 0 Å². The molecule has 0 heterocycles. The van der Waals surface area contributed by atoms with Gasteiger partial charge in [-0.25, -0.2) is 4.79 Å². The van der Waals surface area contributed by atoms with Crippen molar-refractivity contribution in [1.29, 1.82) is 0 Å². The molecule has 1 aliphatic carbocycles. The lowest BCUT2D eigenvalue weighted by atomic mass is 9.78. The van der Waals surface area contributed by atoms with Gasteiger partial charge in [0.25, 0.3) is 0 Å². The number of aliphatic imine (C=N–C) groups is 1. The summed E-state index contributed by atoms with van der Waals surface area (Å²) in [5.41, 5.74) is 6.17. The highest BCUT2D eigenvalue weighted by Gasteiger charge is 2.25. The van der Waals surface area contributed by atoms with Crippen molar-refractivity contribution in [2.45, 2.75) is 73.3 Å². The first-order valence-corrected chi connectivity index (χ1v) is 11.2. The normalized spacial score (nSPS) is 21.1. The van der Waals surface area contributed by atoms with E-state index in [1.165, 1.54) is 16.7 Å². The summed E-state index contributed by atoms with van der Waals surface area (Å²) in [7, 11) is 0. The molecule has 0 spiro atoms. The highest BCUT2D eigenvalue weighted by molar-refractivity contribution is 5.95. The van der Waals surface area contributed by atoms with E-state index in [0.717, 1.165) is 43.4 Å².